The molecule has 10 nitrogen and oxygen atoms in total. The molecule has 2 fully saturated rings. The number of phenolic OH excluding ortho intramolecular Hbond substituents is 1. The zero-order valence-electron chi connectivity index (χ0n) is 14.1. The molecule has 1 saturated heterocycles. The van der Waals surface area contributed by atoms with Gasteiger partial charge in [-0.2, -0.15) is 5.10 Å². The summed E-state index contributed by atoms with van der Waals surface area (Å²) in [4.78, 5) is 35.0. The van der Waals surface area contributed by atoms with E-state index in [2.05, 4.69) is 10.4 Å². The molecule has 2 aliphatic rings. The van der Waals surface area contributed by atoms with Crippen LogP contribution in [0.3, 0.4) is 0 Å². The highest BCUT2D eigenvalue weighted by Crippen LogP contribution is 2.37. The van der Waals surface area contributed by atoms with Crippen molar-refractivity contribution in [3.05, 3.63) is 27.8 Å². The number of hydrazone groups is 1. The smallest absolute Gasteiger partial charge is 0.346 e. The van der Waals surface area contributed by atoms with Crippen LogP contribution in [0.5, 0.6) is 11.5 Å². The van der Waals surface area contributed by atoms with Gasteiger partial charge in [0.25, 0.3) is 5.91 Å². The van der Waals surface area contributed by atoms with Gasteiger partial charge < -0.3 is 15.2 Å². The van der Waals surface area contributed by atoms with Gasteiger partial charge in [0, 0.05) is 11.6 Å². The topological polar surface area (TPSA) is 134 Å². The lowest BCUT2D eigenvalue weighted by atomic mass is 9.82. The lowest BCUT2D eigenvalue weighted by molar-refractivity contribution is -0.386. The van der Waals surface area contributed by atoms with E-state index in [1.165, 1.54) is 13.2 Å². The molecule has 3 rings (SSSR count). The number of nitro benzene ring substituents is 1. The third-order valence-corrected chi connectivity index (χ3v) is 4.66. The summed E-state index contributed by atoms with van der Waals surface area (Å²) in [7, 11) is 1.25. The number of imide groups is 1. The summed E-state index contributed by atoms with van der Waals surface area (Å²) in [5.41, 5.74) is -1.26. The summed E-state index contributed by atoms with van der Waals surface area (Å²) >= 11 is 0. The number of methoxy groups -OCH3 is 1. The van der Waals surface area contributed by atoms with Crippen LogP contribution in [0.25, 0.3) is 0 Å². The van der Waals surface area contributed by atoms with Crippen LogP contribution < -0.4 is 10.1 Å². The number of amides is 3. The van der Waals surface area contributed by atoms with E-state index in [-0.39, 0.29) is 11.3 Å². The van der Waals surface area contributed by atoms with Crippen LogP contribution >= 0.6 is 0 Å². The van der Waals surface area contributed by atoms with Crippen LogP contribution in [0, 0.1) is 10.1 Å². The molecule has 1 heterocycles. The van der Waals surface area contributed by atoms with E-state index in [1.807, 2.05) is 0 Å². The Morgan fingerprint density at radius 3 is 2.65 bits per heavy atom. The van der Waals surface area contributed by atoms with Crippen molar-refractivity contribution in [3.8, 4) is 11.5 Å². The molecule has 10 heteroatoms. The minimum Gasteiger partial charge on any atom is -0.500 e. The van der Waals surface area contributed by atoms with E-state index in [9.17, 15) is 24.8 Å². The fourth-order valence-electron chi connectivity index (χ4n) is 3.31. The number of carbonyl (C=O) groups excluding carboxylic acids is 2. The van der Waals surface area contributed by atoms with Crippen LogP contribution in [-0.2, 0) is 4.79 Å². The maximum atomic E-state index is 12.6. The van der Waals surface area contributed by atoms with Gasteiger partial charge in [0.1, 0.15) is 5.54 Å². The van der Waals surface area contributed by atoms with Crippen molar-refractivity contribution < 1.29 is 24.4 Å². The van der Waals surface area contributed by atoms with Crippen molar-refractivity contribution >= 4 is 23.8 Å². The number of ether oxygens (including phenoxy) is 1. The predicted octanol–water partition coefficient (Wildman–Crippen LogP) is 1.90. The number of benzene rings is 1. The highest BCUT2D eigenvalue weighted by molar-refractivity contribution is 6.07. The van der Waals surface area contributed by atoms with Gasteiger partial charge in [-0.25, -0.2) is 4.79 Å². The minimum atomic E-state index is -0.898. The molecule has 1 aromatic carbocycles. The molecule has 1 aliphatic heterocycles. The number of hydrogen-bond acceptors (Lipinski definition) is 7. The number of carbonyl (C=O) groups is 2. The molecular weight excluding hydrogens is 344 g/mol. The quantitative estimate of drug-likeness (QED) is 0.363. The number of urea groups is 1. The first kappa shape index (κ1) is 17.6. The zero-order chi connectivity index (χ0) is 18.9. The largest absolute Gasteiger partial charge is 0.500 e. The molecule has 1 aliphatic carbocycles. The van der Waals surface area contributed by atoms with Crippen molar-refractivity contribution in [2.45, 2.75) is 37.6 Å². The van der Waals surface area contributed by atoms with Crippen molar-refractivity contribution in [2.75, 3.05) is 7.11 Å². The first-order chi connectivity index (χ1) is 12.4. The Morgan fingerprint density at radius 1 is 1.35 bits per heavy atom. The summed E-state index contributed by atoms with van der Waals surface area (Å²) < 4.78 is 4.90. The molecule has 0 aromatic heterocycles. The molecular formula is C16H18N4O6. The van der Waals surface area contributed by atoms with Crippen molar-refractivity contribution in [1.82, 2.24) is 10.3 Å². The Bertz CT molecular complexity index is 800. The average molecular weight is 362 g/mol. The zero-order valence-corrected chi connectivity index (χ0v) is 14.1. The van der Waals surface area contributed by atoms with Gasteiger partial charge in [-0.15, -0.1) is 5.01 Å². The average Bonchev–Trinajstić information content (AvgIpc) is 2.84. The second-order valence-electron chi connectivity index (χ2n) is 6.28. The van der Waals surface area contributed by atoms with Crippen molar-refractivity contribution in [2.24, 2.45) is 5.10 Å². The van der Waals surface area contributed by atoms with Crippen LogP contribution in [-0.4, -0.2) is 45.8 Å². The van der Waals surface area contributed by atoms with Crippen molar-refractivity contribution in [3.63, 3.8) is 0 Å². The Labute approximate surface area is 148 Å². The van der Waals surface area contributed by atoms with Gasteiger partial charge in [0.05, 0.1) is 18.2 Å². The molecule has 0 bridgehead atoms. The Kier molecular flexibility index (Phi) is 4.49. The predicted molar refractivity (Wildman–Crippen MR) is 90.1 cm³/mol. The fourth-order valence-corrected chi connectivity index (χ4v) is 3.31. The van der Waals surface area contributed by atoms with E-state index in [0.29, 0.717) is 12.8 Å². The Balaban J connectivity index is 1.88. The summed E-state index contributed by atoms with van der Waals surface area (Å²) in [5.74, 6) is -1.13. The highest BCUT2D eigenvalue weighted by atomic mass is 16.6. The normalized spacial score (nSPS) is 19.2. The summed E-state index contributed by atoms with van der Waals surface area (Å²) in [6, 6.07) is 1.78. The number of nitro groups is 1. The maximum Gasteiger partial charge on any atom is 0.346 e. The van der Waals surface area contributed by atoms with Crippen molar-refractivity contribution in [1.29, 1.82) is 0 Å². The number of nitrogens with zero attached hydrogens (tertiary/aromatic N) is 3. The Morgan fingerprint density at radius 2 is 2.04 bits per heavy atom. The van der Waals surface area contributed by atoms with Gasteiger partial charge in [0.2, 0.25) is 5.75 Å². The van der Waals surface area contributed by atoms with E-state index in [1.54, 1.807) is 0 Å². The SMILES string of the molecule is COc1cc(/C=N\N2C(=O)NC3(CCCCC3)C2=O)cc([N+](=O)[O-])c1O. The first-order valence-electron chi connectivity index (χ1n) is 8.14. The summed E-state index contributed by atoms with van der Waals surface area (Å²) in [5, 5.41) is 28.2. The van der Waals surface area contributed by atoms with E-state index >= 15 is 0 Å². The minimum absolute atomic E-state index is 0.110. The van der Waals surface area contributed by atoms with Gasteiger partial charge in [0.15, 0.2) is 5.75 Å². The van der Waals surface area contributed by atoms with Gasteiger partial charge in [-0.3, -0.25) is 14.9 Å². The Hall–Kier alpha value is -3.17. The van der Waals surface area contributed by atoms with Gasteiger partial charge in [-0.05, 0) is 18.9 Å². The lowest BCUT2D eigenvalue weighted by Crippen LogP contribution is -2.48. The summed E-state index contributed by atoms with van der Waals surface area (Å²) in [6.45, 7) is 0. The third-order valence-electron chi connectivity index (χ3n) is 4.66. The molecule has 26 heavy (non-hydrogen) atoms. The van der Waals surface area contributed by atoms with Crippen LogP contribution in [0.1, 0.15) is 37.7 Å². The standard InChI is InChI=1S/C16H18N4O6/c1-26-12-8-10(7-11(13(12)21)20(24)25)9-17-19-14(22)16(18-15(19)23)5-3-2-4-6-16/h7-9,21H,2-6H2,1H3,(H,18,23)/b17-9-. The van der Waals surface area contributed by atoms with Gasteiger partial charge >= 0.3 is 11.7 Å². The number of rotatable bonds is 4. The fraction of sp³-hybridized carbons (Fsp3) is 0.438. The number of phenols is 1. The summed E-state index contributed by atoms with van der Waals surface area (Å²) in [6.07, 6.45) is 5.01. The molecule has 3 amide bonds. The first-order valence-corrected chi connectivity index (χ1v) is 8.14. The molecule has 138 valence electrons. The number of nitrogens with one attached hydrogen (secondary N) is 1. The molecule has 1 saturated carbocycles. The molecule has 0 radical (unpaired) electrons. The maximum absolute atomic E-state index is 12.6. The monoisotopic (exact) mass is 362 g/mol. The second-order valence-corrected chi connectivity index (χ2v) is 6.28. The second kappa shape index (κ2) is 6.62. The van der Waals surface area contributed by atoms with Crippen LogP contribution in [0.4, 0.5) is 10.5 Å². The molecule has 0 atom stereocenters. The molecule has 1 spiro atoms. The van der Waals surface area contributed by atoms with Gasteiger partial charge in [-0.1, -0.05) is 19.3 Å². The highest BCUT2D eigenvalue weighted by Gasteiger charge is 2.51. The number of hydrogen-bond donors (Lipinski definition) is 2. The van der Waals surface area contributed by atoms with E-state index < -0.39 is 33.8 Å². The number of aromatic hydroxyl groups is 1. The molecule has 1 aromatic rings. The molecule has 2 N–H and O–H groups in total. The van der Waals surface area contributed by atoms with E-state index in [0.717, 1.165) is 36.6 Å². The third kappa shape index (κ3) is 2.93. The van der Waals surface area contributed by atoms with Crippen LogP contribution in [0.15, 0.2) is 17.2 Å². The van der Waals surface area contributed by atoms with E-state index in [4.69, 9.17) is 4.74 Å². The van der Waals surface area contributed by atoms with Crippen LogP contribution in [0.2, 0.25) is 0 Å². The molecule has 0 unspecified atom stereocenters. The lowest BCUT2D eigenvalue weighted by Gasteiger charge is -2.29.